The molecule has 1 aliphatic carbocycles. The van der Waals surface area contributed by atoms with Crippen molar-refractivity contribution in [2.75, 3.05) is 40.3 Å². The zero-order valence-electron chi connectivity index (χ0n) is 17.9. The molecular weight excluding hydrogens is 479 g/mol. The van der Waals surface area contributed by atoms with E-state index in [0.717, 1.165) is 43.0 Å². The monoisotopic (exact) mass is 514 g/mol. The fraction of sp³-hybridized carbons (Fsp3) is 0.636. The molecule has 1 saturated heterocycles. The number of halogens is 1. The highest BCUT2D eigenvalue weighted by atomic mass is 127. The Bertz CT molecular complexity index is 681. The van der Waals surface area contributed by atoms with Crippen LogP contribution in [-0.2, 0) is 11.3 Å². The molecule has 1 aromatic rings. The van der Waals surface area contributed by atoms with Crippen LogP contribution in [0.5, 0.6) is 5.75 Å². The Morgan fingerprint density at radius 2 is 1.93 bits per heavy atom. The average Bonchev–Trinajstić information content (AvgIpc) is 3.13. The van der Waals surface area contributed by atoms with Crippen LogP contribution < -0.4 is 10.1 Å². The SMILES string of the molecule is CCNC(=NCc1cccc(OCC(=O)N(C)C)c1)N1CC2CCCCC2C1.I. The second kappa shape index (κ2) is 11.6. The standard InChI is InChI=1S/C22H34N4O2.HI/c1-4-23-22(26-14-18-9-5-6-10-19(18)15-26)24-13-17-8-7-11-20(12-17)28-16-21(27)25(2)3;/h7-8,11-12,18-19H,4-6,9-10,13-16H2,1-3H3,(H,23,24);1H. The van der Waals surface area contributed by atoms with E-state index in [1.54, 1.807) is 14.1 Å². The van der Waals surface area contributed by atoms with Crippen LogP contribution in [0.15, 0.2) is 29.3 Å². The molecule has 2 atom stereocenters. The second-order valence-corrected chi connectivity index (χ2v) is 8.10. The largest absolute Gasteiger partial charge is 0.484 e. The van der Waals surface area contributed by atoms with Gasteiger partial charge in [-0.25, -0.2) is 4.99 Å². The molecule has 1 amide bonds. The van der Waals surface area contributed by atoms with Gasteiger partial charge < -0.3 is 19.9 Å². The maximum atomic E-state index is 11.7. The lowest BCUT2D eigenvalue weighted by molar-refractivity contribution is -0.130. The number of benzene rings is 1. The topological polar surface area (TPSA) is 57.2 Å². The molecule has 1 saturated carbocycles. The van der Waals surface area contributed by atoms with Crippen LogP contribution >= 0.6 is 24.0 Å². The summed E-state index contributed by atoms with van der Waals surface area (Å²) in [7, 11) is 3.46. The Kier molecular flexibility index (Phi) is 9.52. The summed E-state index contributed by atoms with van der Waals surface area (Å²) < 4.78 is 5.62. The molecule has 1 heterocycles. The van der Waals surface area contributed by atoms with Gasteiger partial charge in [-0.15, -0.1) is 24.0 Å². The molecule has 7 heteroatoms. The van der Waals surface area contributed by atoms with Crippen molar-refractivity contribution >= 4 is 35.8 Å². The van der Waals surface area contributed by atoms with Gasteiger partial charge >= 0.3 is 0 Å². The summed E-state index contributed by atoms with van der Waals surface area (Å²) >= 11 is 0. The molecular formula is C22H35IN4O2. The number of fused-ring (bicyclic) bond motifs is 1. The second-order valence-electron chi connectivity index (χ2n) is 8.10. The van der Waals surface area contributed by atoms with Crippen LogP contribution in [0.1, 0.15) is 38.2 Å². The molecule has 1 aromatic carbocycles. The molecule has 0 radical (unpaired) electrons. The van der Waals surface area contributed by atoms with Gasteiger partial charge in [0, 0.05) is 33.7 Å². The van der Waals surface area contributed by atoms with Crippen LogP contribution in [0.25, 0.3) is 0 Å². The first-order valence-electron chi connectivity index (χ1n) is 10.5. The highest BCUT2D eigenvalue weighted by Gasteiger charge is 2.35. The first kappa shape index (κ1) is 23.8. The normalized spacial score (nSPS) is 21.2. The van der Waals surface area contributed by atoms with Gasteiger partial charge in [0.15, 0.2) is 12.6 Å². The van der Waals surface area contributed by atoms with Crippen LogP contribution in [0.2, 0.25) is 0 Å². The Balaban J connectivity index is 0.00000300. The van der Waals surface area contributed by atoms with Crippen LogP contribution in [0.3, 0.4) is 0 Å². The van der Waals surface area contributed by atoms with Crippen molar-refractivity contribution in [1.29, 1.82) is 0 Å². The number of aliphatic imine (C=N–C) groups is 1. The quantitative estimate of drug-likeness (QED) is 0.360. The number of carbonyl (C=O) groups is 1. The van der Waals surface area contributed by atoms with Gasteiger partial charge in [-0.3, -0.25) is 4.79 Å². The average molecular weight is 514 g/mol. The number of likely N-dealkylation sites (N-methyl/N-ethyl adjacent to an activating group) is 1. The summed E-state index contributed by atoms with van der Waals surface area (Å²) in [6.07, 6.45) is 5.49. The lowest BCUT2D eigenvalue weighted by Crippen LogP contribution is -2.40. The summed E-state index contributed by atoms with van der Waals surface area (Å²) in [6.45, 7) is 5.92. The van der Waals surface area contributed by atoms with Crippen LogP contribution in [-0.4, -0.2) is 62.0 Å². The number of nitrogens with one attached hydrogen (secondary N) is 1. The summed E-state index contributed by atoms with van der Waals surface area (Å²) in [5.74, 6) is 3.35. The Morgan fingerprint density at radius 1 is 1.24 bits per heavy atom. The maximum absolute atomic E-state index is 11.7. The highest BCUT2D eigenvalue weighted by molar-refractivity contribution is 14.0. The van der Waals surface area contributed by atoms with Crippen molar-refractivity contribution < 1.29 is 9.53 Å². The lowest BCUT2D eigenvalue weighted by atomic mass is 9.82. The third-order valence-corrected chi connectivity index (χ3v) is 5.78. The van der Waals surface area contributed by atoms with Crippen LogP contribution in [0, 0.1) is 11.8 Å². The molecule has 162 valence electrons. The minimum absolute atomic E-state index is 0. The van der Waals surface area contributed by atoms with Gasteiger partial charge in [-0.05, 0) is 49.3 Å². The molecule has 29 heavy (non-hydrogen) atoms. The number of rotatable bonds is 6. The highest BCUT2D eigenvalue weighted by Crippen LogP contribution is 2.36. The molecule has 0 spiro atoms. The fourth-order valence-electron chi connectivity index (χ4n) is 4.18. The maximum Gasteiger partial charge on any atom is 0.259 e. The van der Waals surface area contributed by atoms with E-state index >= 15 is 0 Å². The van der Waals surface area contributed by atoms with E-state index in [4.69, 9.17) is 9.73 Å². The zero-order valence-corrected chi connectivity index (χ0v) is 20.2. The first-order chi connectivity index (χ1) is 13.6. The van der Waals surface area contributed by atoms with E-state index in [1.165, 1.54) is 30.6 Å². The van der Waals surface area contributed by atoms with Crippen LogP contribution in [0.4, 0.5) is 0 Å². The van der Waals surface area contributed by atoms with Gasteiger partial charge in [0.25, 0.3) is 5.91 Å². The minimum atomic E-state index is -0.0478. The van der Waals surface area contributed by atoms with Gasteiger partial charge in [0.05, 0.1) is 6.54 Å². The molecule has 6 nitrogen and oxygen atoms in total. The predicted molar refractivity (Wildman–Crippen MR) is 128 cm³/mol. The van der Waals surface area contributed by atoms with Crippen molar-refractivity contribution in [1.82, 2.24) is 15.1 Å². The van der Waals surface area contributed by atoms with E-state index in [2.05, 4.69) is 23.2 Å². The predicted octanol–water partition coefficient (Wildman–Crippen LogP) is 3.36. The van der Waals surface area contributed by atoms with Gasteiger partial charge in [-0.1, -0.05) is 25.0 Å². The number of likely N-dealkylation sites (tertiary alicyclic amines) is 1. The summed E-state index contributed by atoms with van der Waals surface area (Å²) in [5.41, 5.74) is 1.09. The Labute approximate surface area is 192 Å². The van der Waals surface area contributed by atoms with Crippen molar-refractivity contribution in [3.63, 3.8) is 0 Å². The molecule has 2 unspecified atom stereocenters. The number of hydrogen-bond donors (Lipinski definition) is 1. The number of amides is 1. The summed E-state index contributed by atoms with van der Waals surface area (Å²) in [4.78, 5) is 20.6. The van der Waals surface area contributed by atoms with E-state index < -0.39 is 0 Å². The van der Waals surface area contributed by atoms with Gasteiger partial charge in [0.1, 0.15) is 5.75 Å². The number of carbonyl (C=O) groups excluding carboxylic acids is 1. The Hall–Kier alpha value is -1.51. The number of hydrogen-bond acceptors (Lipinski definition) is 3. The summed E-state index contributed by atoms with van der Waals surface area (Å²) in [6, 6.07) is 7.86. The van der Waals surface area contributed by atoms with E-state index in [1.807, 2.05) is 18.2 Å². The third-order valence-electron chi connectivity index (χ3n) is 5.78. The number of guanidine groups is 1. The zero-order chi connectivity index (χ0) is 19.9. The minimum Gasteiger partial charge on any atom is -0.484 e. The summed E-state index contributed by atoms with van der Waals surface area (Å²) in [5, 5.41) is 3.47. The van der Waals surface area contributed by atoms with Crippen molar-refractivity contribution in [2.24, 2.45) is 16.8 Å². The van der Waals surface area contributed by atoms with Gasteiger partial charge in [0.2, 0.25) is 0 Å². The smallest absolute Gasteiger partial charge is 0.259 e. The molecule has 1 N–H and O–H groups in total. The first-order valence-corrected chi connectivity index (χ1v) is 10.5. The van der Waals surface area contributed by atoms with E-state index in [-0.39, 0.29) is 36.5 Å². The van der Waals surface area contributed by atoms with E-state index in [0.29, 0.717) is 12.3 Å². The molecule has 3 rings (SSSR count). The fourth-order valence-corrected chi connectivity index (χ4v) is 4.18. The molecule has 2 fully saturated rings. The third kappa shape index (κ3) is 6.76. The number of ether oxygens (including phenoxy) is 1. The Morgan fingerprint density at radius 3 is 2.55 bits per heavy atom. The number of nitrogens with zero attached hydrogens (tertiary/aromatic N) is 3. The van der Waals surface area contributed by atoms with Gasteiger partial charge in [-0.2, -0.15) is 0 Å². The lowest BCUT2D eigenvalue weighted by Gasteiger charge is -2.22. The molecule has 0 bridgehead atoms. The van der Waals surface area contributed by atoms with Crippen molar-refractivity contribution in [3.8, 4) is 5.75 Å². The van der Waals surface area contributed by atoms with E-state index in [9.17, 15) is 4.79 Å². The van der Waals surface area contributed by atoms with Crippen molar-refractivity contribution in [3.05, 3.63) is 29.8 Å². The molecule has 2 aliphatic rings. The van der Waals surface area contributed by atoms with Crippen molar-refractivity contribution in [2.45, 2.75) is 39.2 Å². The molecule has 1 aliphatic heterocycles. The molecule has 0 aromatic heterocycles.